The topological polar surface area (TPSA) is 35.5 Å². The molecule has 0 heterocycles. The number of carbonyl (C=O) groups is 1. The predicted octanol–water partition coefficient (Wildman–Crippen LogP) is 3.95. The second-order valence-corrected chi connectivity index (χ2v) is 5.77. The molecule has 0 bridgehead atoms. The van der Waals surface area contributed by atoms with Gasteiger partial charge in [-0.1, -0.05) is 36.4 Å². The van der Waals surface area contributed by atoms with E-state index in [1.165, 1.54) is 0 Å². The average molecular weight is 272 g/mol. The van der Waals surface area contributed by atoms with Crippen LogP contribution < -0.4 is 4.74 Å². The summed E-state index contributed by atoms with van der Waals surface area (Å²) in [7, 11) is 0. The maximum Gasteiger partial charge on any atom is 0.347 e. The highest BCUT2D eigenvalue weighted by molar-refractivity contribution is 5.88. The molecule has 0 aliphatic rings. The van der Waals surface area contributed by atoms with Crippen LogP contribution in [-0.4, -0.2) is 17.7 Å². The zero-order valence-corrected chi connectivity index (χ0v) is 12.3. The Morgan fingerprint density at radius 3 is 2.40 bits per heavy atom. The number of hydrogen-bond donors (Lipinski definition) is 0. The molecule has 3 nitrogen and oxygen atoms in total. The van der Waals surface area contributed by atoms with Crippen molar-refractivity contribution in [2.75, 3.05) is 0 Å². The fourth-order valence-electron chi connectivity index (χ4n) is 1.92. The Hall–Kier alpha value is -2.03. The van der Waals surface area contributed by atoms with Gasteiger partial charge < -0.3 is 9.47 Å². The first kappa shape index (κ1) is 14.4. The average Bonchev–Trinajstić information content (AvgIpc) is 2.37. The van der Waals surface area contributed by atoms with Crippen molar-refractivity contribution in [1.29, 1.82) is 0 Å². The van der Waals surface area contributed by atoms with Crippen LogP contribution in [0.1, 0.15) is 27.7 Å². The molecule has 2 aromatic rings. The van der Waals surface area contributed by atoms with Crippen molar-refractivity contribution in [1.82, 2.24) is 0 Å². The monoisotopic (exact) mass is 272 g/mol. The van der Waals surface area contributed by atoms with Crippen molar-refractivity contribution in [3.8, 4) is 5.75 Å². The summed E-state index contributed by atoms with van der Waals surface area (Å²) >= 11 is 0. The largest absolute Gasteiger partial charge is 0.478 e. The van der Waals surface area contributed by atoms with Crippen LogP contribution in [0.5, 0.6) is 5.75 Å². The SMILES string of the molecule is C[C@H](Oc1cccc2ccccc12)C(=O)OC(C)(C)C. The van der Waals surface area contributed by atoms with Crippen LogP contribution in [0.4, 0.5) is 0 Å². The molecule has 0 N–H and O–H groups in total. The van der Waals surface area contributed by atoms with Crippen molar-refractivity contribution < 1.29 is 14.3 Å². The molecule has 0 amide bonds. The molecule has 0 aromatic heterocycles. The van der Waals surface area contributed by atoms with Gasteiger partial charge in [0.25, 0.3) is 0 Å². The van der Waals surface area contributed by atoms with Gasteiger partial charge in [-0.15, -0.1) is 0 Å². The summed E-state index contributed by atoms with van der Waals surface area (Å²) in [6.07, 6.45) is -0.639. The molecule has 1 atom stereocenters. The summed E-state index contributed by atoms with van der Waals surface area (Å²) in [4.78, 5) is 12.0. The van der Waals surface area contributed by atoms with E-state index in [-0.39, 0.29) is 5.97 Å². The van der Waals surface area contributed by atoms with Crippen LogP contribution in [0.3, 0.4) is 0 Å². The van der Waals surface area contributed by atoms with Gasteiger partial charge in [-0.05, 0) is 39.1 Å². The number of fused-ring (bicyclic) bond motifs is 1. The molecular weight excluding hydrogens is 252 g/mol. The molecule has 0 radical (unpaired) electrons. The molecular formula is C17H20O3. The molecule has 0 spiro atoms. The van der Waals surface area contributed by atoms with Crippen molar-refractivity contribution in [2.45, 2.75) is 39.4 Å². The fraction of sp³-hybridized carbons (Fsp3) is 0.353. The second kappa shape index (κ2) is 5.53. The van der Waals surface area contributed by atoms with Crippen molar-refractivity contribution in [2.24, 2.45) is 0 Å². The number of benzene rings is 2. The van der Waals surface area contributed by atoms with Gasteiger partial charge in [-0.25, -0.2) is 4.79 Å². The first-order valence-electron chi connectivity index (χ1n) is 6.74. The molecule has 0 saturated heterocycles. The van der Waals surface area contributed by atoms with E-state index in [4.69, 9.17) is 9.47 Å². The summed E-state index contributed by atoms with van der Waals surface area (Å²) in [5.41, 5.74) is -0.506. The van der Waals surface area contributed by atoms with E-state index >= 15 is 0 Å². The lowest BCUT2D eigenvalue weighted by Gasteiger charge is -2.23. The first-order chi connectivity index (χ1) is 9.37. The quantitative estimate of drug-likeness (QED) is 0.794. The summed E-state index contributed by atoms with van der Waals surface area (Å²) in [5, 5.41) is 2.08. The molecule has 0 aliphatic heterocycles. The molecule has 0 unspecified atom stereocenters. The second-order valence-electron chi connectivity index (χ2n) is 5.77. The number of hydrogen-bond acceptors (Lipinski definition) is 3. The van der Waals surface area contributed by atoms with E-state index in [0.29, 0.717) is 5.75 Å². The molecule has 2 rings (SSSR count). The van der Waals surface area contributed by atoms with Crippen LogP contribution in [0.25, 0.3) is 10.8 Å². The fourth-order valence-corrected chi connectivity index (χ4v) is 1.92. The Morgan fingerprint density at radius 1 is 1.05 bits per heavy atom. The Balaban J connectivity index is 2.18. The highest BCUT2D eigenvalue weighted by Gasteiger charge is 2.23. The molecule has 106 valence electrons. The maximum atomic E-state index is 12.0. The van der Waals surface area contributed by atoms with Gasteiger partial charge in [0.05, 0.1) is 0 Å². The minimum Gasteiger partial charge on any atom is -0.478 e. The van der Waals surface area contributed by atoms with E-state index in [1.807, 2.05) is 63.2 Å². The summed E-state index contributed by atoms with van der Waals surface area (Å²) in [6, 6.07) is 13.7. The molecule has 0 aliphatic carbocycles. The van der Waals surface area contributed by atoms with Crippen molar-refractivity contribution >= 4 is 16.7 Å². The summed E-state index contributed by atoms with van der Waals surface area (Å²) in [5.74, 6) is 0.340. The molecule has 2 aromatic carbocycles. The van der Waals surface area contributed by atoms with Crippen molar-refractivity contribution in [3.05, 3.63) is 42.5 Å². The van der Waals surface area contributed by atoms with Gasteiger partial charge in [0, 0.05) is 5.39 Å². The number of rotatable bonds is 3. The van der Waals surface area contributed by atoms with Crippen LogP contribution in [0.2, 0.25) is 0 Å². The first-order valence-corrected chi connectivity index (χ1v) is 6.74. The summed E-state index contributed by atoms with van der Waals surface area (Å²) in [6.45, 7) is 7.23. The minimum atomic E-state index is -0.639. The highest BCUT2D eigenvalue weighted by atomic mass is 16.6. The lowest BCUT2D eigenvalue weighted by Crippen LogP contribution is -2.33. The number of esters is 1. The van der Waals surface area contributed by atoms with Crippen LogP contribution in [0.15, 0.2) is 42.5 Å². The van der Waals surface area contributed by atoms with Gasteiger partial charge >= 0.3 is 5.97 Å². The van der Waals surface area contributed by atoms with Crippen LogP contribution in [0, 0.1) is 0 Å². The van der Waals surface area contributed by atoms with Crippen LogP contribution >= 0.6 is 0 Å². The minimum absolute atomic E-state index is 0.356. The molecule has 20 heavy (non-hydrogen) atoms. The molecule has 3 heteroatoms. The number of ether oxygens (including phenoxy) is 2. The Labute approximate surface area is 119 Å². The highest BCUT2D eigenvalue weighted by Crippen LogP contribution is 2.26. The Kier molecular flexibility index (Phi) is 3.98. The summed E-state index contributed by atoms with van der Waals surface area (Å²) < 4.78 is 11.1. The Morgan fingerprint density at radius 2 is 1.70 bits per heavy atom. The zero-order chi connectivity index (χ0) is 14.8. The number of carbonyl (C=O) groups excluding carboxylic acids is 1. The predicted molar refractivity (Wildman–Crippen MR) is 79.9 cm³/mol. The van der Waals surface area contributed by atoms with E-state index in [0.717, 1.165) is 10.8 Å². The lowest BCUT2D eigenvalue weighted by atomic mass is 10.1. The standard InChI is InChI=1S/C17H20O3/c1-12(16(18)20-17(2,3)4)19-15-11-7-9-13-8-5-6-10-14(13)15/h5-12H,1-4H3/t12-/m0/s1. The third kappa shape index (κ3) is 3.50. The van der Waals surface area contributed by atoms with Crippen LogP contribution in [-0.2, 0) is 9.53 Å². The van der Waals surface area contributed by atoms with Gasteiger partial charge in [0.1, 0.15) is 11.4 Å². The van der Waals surface area contributed by atoms with E-state index in [1.54, 1.807) is 6.92 Å². The Bertz CT molecular complexity index is 606. The van der Waals surface area contributed by atoms with Crippen molar-refractivity contribution in [3.63, 3.8) is 0 Å². The third-order valence-corrected chi connectivity index (χ3v) is 2.79. The third-order valence-electron chi connectivity index (χ3n) is 2.79. The zero-order valence-electron chi connectivity index (χ0n) is 12.3. The van der Waals surface area contributed by atoms with E-state index in [2.05, 4.69) is 0 Å². The van der Waals surface area contributed by atoms with Gasteiger partial charge in [0.2, 0.25) is 0 Å². The molecule has 0 fully saturated rings. The maximum absolute atomic E-state index is 12.0. The normalized spacial score (nSPS) is 13.0. The van der Waals surface area contributed by atoms with Gasteiger partial charge in [0.15, 0.2) is 6.10 Å². The van der Waals surface area contributed by atoms with Gasteiger partial charge in [-0.3, -0.25) is 0 Å². The lowest BCUT2D eigenvalue weighted by molar-refractivity contribution is -0.162. The van der Waals surface area contributed by atoms with E-state index in [9.17, 15) is 4.79 Å². The van der Waals surface area contributed by atoms with Gasteiger partial charge in [-0.2, -0.15) is 0 Å². The molecule has 0 saturated carbocycles. The smallest absolute Gasteiger partial charge is 0.347 e. The van der Waals surface area contributed by atoms with E-state index < -0.39 is 11.7 Å².